The third-order valence-electron chi connectivity index (χ3n) is 0.757. The molecule has 0 rings (SSSR count). The molecule has 0 aromatic carbocycles. The Kier molecular flexibility index (Phi) is 2.45. The summed E-state index contributed by atoms with van der Waals surface area (Å²) in [6.07, 6.45) is 1.54. The van der Waals surface area contributed by atoms with E-state index in [4.69, 9.17) is 22.1 Å². The molecule has 0 aliphatic heterocycles. The summed E-state index contributed by atoms with van der Waals surface area (Å²) in [6.45, 7) is -5.47. The second-order valence-corrected chi connectivity index (χ2v) is 1.56. The molecule has 0 spiro atoms. The van der Waals surface area contributed by atoms with Crippen LogP contribution in [0.5, 0.6) is 0 Å². The Morgan fingerprint density at radius 3 is 3.00 bits per heavy atom. The summed E-state index contributed by atoms with van der Waals surface area (Å²) in [6, 6.07) is -1.34. The van der Waals surface area contributed by atoms with Crippen LogP contribution in [0.3, 0.4) is 0 Å². The van der Waals surface area contributed by atoms with Gasteiger partial charge in [-0.2, -0.15) is 0 Å². The summed E-state index contributed by atoms with van der Waals surface area (Å²) in [4.78, 5) is 10.2. The van der Waals surface area contributed by atoms with Gasteiger partial charge in [0.15, 0.2) is 0 Å². The maximum atomic E-state index is 10.2. The number of rotatable bonds is 5. The highest BCUT2D eigenvalue weighted by molar-refractivity contribution is 5.75. The van der Waals surface area contributed by atoms with Crippen LogP contribution in [0.2, 0.25) is 0 Å². The maximum Gasteiger partial charge on any atom is 0.324 e. The topological polar surface area (TPSA) is 98.6 Å². The van der Waals surface area contributed by atoms with E-state index in [2.05, 4.69) is 4.74 Å². The predicted molar refractivity (Wildman–Crippen MR) is 39.8 cm³/mol. The molecule has 0 aliphatic carbocycles. The fourth-order valence-corrected chi connectivity index (χ4v) is 0.274. The lowest BCUT2D eigenvalue weighted by atomic mass is 10.3. The lowest BCUT2D eigenvalue weighted by molar-refractivity contribution is -0.137. The van der Waals surface area contributed by atoms with Crippen LogP contribution in [0.1, 0.15) is 5.48 Å². The Bertz CT molecular complexity index is 264. The molecule has 0 aromatic heterocycles. The Balaban J connectivity index is 4.33. The van der Waals surface area contributed by atoms with Crippen molar-refractivity contribution in [2.45, 2.75) is 6.04 Å². The van der Waals surface area contributed by atoms with Crippen molar-refractivity contribution >= 4 is 5.97 Å². The number of carbonyl (C=O) groups is 1. The number of aliphatic carboxylic acids is 1. The molecule has 0 amide bonds. The molecular formula is C6H12N2O3. The quantitative estimate of drug-likeness (QED) is 0.447. The third kappa shape index (κ3) is 5.38. The molecule has 0 aliphatic rings. The molecule has 5 nitrogen and oxygen atoms in total. The first kappa shape index (κ1) is 4.74. The highest BCUT2D eigenvalue weighted by Crippen LogP contribution is 1.83. The monoisotopic (exact) mass is 164 g/mol. The lowest BCUT2D eigenvalue weighted by Crippen LogP contribution is -2.27. The van der Waals surface area contributed by atoms with Crippen LogP contribution in [0.25, 0.3) is 0 Å². The Labute approximate surface area is 70.2 Å². The molecule has 0 bridgehead atoms. The Hall–Kier alpha value is -1.07. The van der Waals surface area contributed by atoms with E-state index in [0.717, 1.165) is 6.08 Å². The van der Waals surface area contributed by atoms with E-state index in [1.165, 1.54) is 0 Å². The van der Waals surface area contributed by atoms with E-state index in [1.807, 2.05) is 0 Å². The number of nitrogens with two attached hydrogens (primary N) is 2. The van der Waals surface area contributed by atoms with Crippen LogP contribution in [0.4, 0.5) is 0 Å². The summed E-state index contributed by atoms with van der Waals surface area (Å²) < 4.78 is 32.1. The van der Waals surface area contributed by atoms with Crippen LogP contribution in [-0.4, -0.2) is 30.2 Å². The van der Waals surface area contributed by atoms with Gasteiger partial charge in [0.1, 0.15) is 6.04 Å². The van der Waals surface area contributed by atoms with E-state index in [-0.39, 0.29) is 0 Å². The van der Waals surface area contributed by atoms with Gasteiger partial charge in [0.2, 0.25) is 0 Å². The molecule has 5 N–H and O–H groups in total. The number of hydrogen-bond donors (Lipinski definition) is 3. The summed E-state index contributed by atoms with van der Waals surface area (Å²) in [5, 5.41) is 8.35. The van der Waals surface area contributed by atoms with Gasteiger partial charge in [-0.15, -0.1) is 0 Å². The van der Waals surface area contributed by atoms with Crippen molar-refractivity contribution in [2.75, 3.05) is 13.1 Å². The van der Waals surface area contributed by atoms with Gasteiger partial charge in [-0.25, -0.2) is 0 Å². The molecule has 0 radical (unpaired) electrons. The summed E-state index contributed by atoms with van der Waals surface area (Å²) in [7, 11) is 0. The van der Waals surface area contributed by atoms with Gasteiger partial charge in [-0.3, -0.25) is 4.79 Å². The molecule has 5 heteroatoms. The average Bonchev–Trinajstić information content (AvgIpc) is 2.01. The first-order valence-corrected chi connectivity index (χ1v) is 2.69. The summed E-state index contributed by atoms with van der Waals surface area (Å²) >= 11 is 0. The van der Waals surface area contributed by atoms with Gasteiger partial charge in [0.05, 0.1) is 15.6 Å². The zero-order valence-electron chi connectivity index (χ0n) is 9.65. The van der Waals surface area contributed by atoms with Gasteiger partial charge in [-0.05, 0) is 6.08 Å². The van der Waals surface area contributed by atoms with Crippen LogP contribution >= 0.6 is 0 Å². The first-order valence-electron chi connectivity index (χ1n) is 4.69. The first-order chi connectivity index (χ1) is 6.58. The molecule has 0 aromatic rings. The van der Waals surface area contributed by atoms with E-state index in [1.54, 1.807) is 0 Å². The fraction of sp³-hybridized carbons (Fsp3) is 0.500. The normalized spacial score (nSPS) is 21.3. The van der Waals surface area contributed by atoms with Gasteiger partial charge < -0.3 is 21.3 Å². The van der Waals surface area contributed by atoms with Crippen LogP contribution in [-0.2, 0) is 9.53 Å². The van der Waals surface area contributed by atoms with Crippen molar-refractivity contribution in [3.63, 3.8) is 0 Å². The average molecular weight is 164 g/mol. The van der Waals surface area contributed by atoms with E-state index >= 15 is 0 Å². The van der Waals surface area contributed by atoms with Gasteiger partial charge in [0.25, 0.3) is 0 Å². The third-order valence-corrected chi connectivity index (χ3v) is 0.757. The second kappa shape index (κ2) is 5.70. The van der Waals surface area contributed by atoms with Crippen molar-refractivity contribution < 1.29 is 20.1 Å². The van der Waals surface area contributed by atoms with E-state index in [9.17, 15) is 4.79 Å². The number of carboxylic acids is 1. The van der Waals surface area contributed by atoms with Crippen LogP contribution in [0, 0.1) is 0 Å². The molecule has 0 saturated heterocycles. The summed E-state index contributed by atoms with van der Waals surface area (Å²) in [5.74, 6) is -1.31. The molecule has 0 unspecified atom stereocenters. The van der Waals surface area contributed by atoms with Crippen LogP contribution < -0.4 is 11.5 Å². The van der Waals surface area contributed by atoms with Crippen molar-refractivity contribution in [3.8, 4) is 0 Å². The smallest absolute Gasteiger partial charge is 0.324 e. The molecule has 11 heavy (non-hydrogen) atoms. The largest absolute Gasteiger partial charge is 0.500 e. The van der Waals surface area contributed by atoms with Crippen LogP contribution in [0.15, 0.2) is 12.3 Å². The molecule has 1 atom stereocenters. The highest BCUT2D eigenvalue weighted by Gasteiger charge is 2.05. The standard InChI is InChI=1S/C6H12N2O3/c7-2-4-11-3-1-5(8)6(9)10/h1,3,5H,2,4,7-8H2,(H,9,10)/b3-1+/t5-/m0/s1/i2D2,4D2. The molecular weight excluding hydrogens is 148 g/mol. The minimum absolute atomic E-state index is 0.670. The molecule has 0 heterocycles. The van der Waals surface area contributed by atoms with E-state index in [0.29, 0.717) is 6.26 Å². The van der Waals surface area contributed by atoms with Crippen molar-refractivity contribution in [1.82, 2.24) is 0 Å². The Morgan fingerprint density at radius 2 is 2.55 bits per heavy atom. The van der Waals surface area contributed by atoms with Crippen molar-refractivity contribution in [1.29, 1.82) is 0 Å². The van der Waals surface area contributed by atoms with Gasteiger partial charge in [0, 0.05) is 9.24 Å². The maximum absolute atomic E-state index is 10.2. The minimum Gasteiger partial charge on any atom is -0.500 e. The molecule has 64 valence electrons. The van der Waals surface area contributed by atoms with Gasteiger partial charge in [-0.1, -0.05) is 0 Å². The number of hydrogen-bond acceptors (Lipinski definition) is 4. The fourth-order valence-electron chi connectivity index (χ4n) is 0.274. The SMILES string of the molecule is [2H]C([2H])(N)C([2H])([2H])O/C=C/[C@H](N)C(=O)O. The van der Waals surface area contributed by atoms with E-state index < -0.39 is 25.1 Å². The van der Waals surface area contributed by atoms with Gasteiger partial charge >= 0.3 is 5.97 Å². The second-order valence-electron chi connectivity index (χ2n) is 1.56. The molecule has 0 saturated carbocycles. The number of carboxylic acid groups (broad SMARTS) is 1. The van der Waals surface area contributed by atoms with Crippen molar-refractivity contribution in [2.24, 2.45) is 11.5 Å². The lowest BCUT2D eigenvalue weighted by Gasteiger charge is -1.98. The Morgan fingerprint density at radius 1 is 1.91 bits per heavy atom. The zero-order chi connectivity index (χ0) is 12.3. The minimum atomic E-state index is -2.76. The molecule has 0 fully saturated rings. The zero-order valence-corrected chi connectivity index (χ0v) is 5.65. The predicted octanol–water partition coefficient (Wildman–Crippen LogP) is -1.11. The number of ether oxygens (including phenoxy) is 1. The summed E-state index contributed by atoms with van der Waals surface area (Å²) in [5.41, 5.74) is 9.88. The van der Waals surface area contributed by atoms with Crippen molar-refractivity contribution in [3.05, 3.63) is 12.3 Å². The highest BCUT2D eigenvalue weighted by atomic mass is 16.5.